The molecule has 0 saturated carbocycles. The first-order chi connectivity index (χ1) is 18.2. The van der Waals surface area contributed by atoms with E-state index in [9.17, 15) is 24.6 Å². The summed E-state index contributed by atoms with van der Waals surface area (Å²) in [6, 6.07) is 15.2. The number of rotatable bonds is 8. The van der Waals surface area contributed by atoms with Crippen molar-refractivity contribution in [3.8, 4) is 11.8 Å². The van der Waals surface area contributed by atoms with E-state index in [1.54, 1.807) is 18.7 Å². The van der Waals surface area contributed by atoms with Crippen molar-refractivity contribution in [2.75, 3.05) is 11.4 Å². The van der Waals surface area contributed by atoms with Gasteiger partial charge in [0.2, 0.25) is 11.8 Å². The van der Waals surface area contributed by atoms with E-state index >= 15 is 0 Å². The molecule has 38 heavy (non-hydrogen) atoms. The first-order valence-electron chi connectivity index (χ1n) is 12.8. The molecule has 9 nitrogen and oxygen atoms in total. The molecule has 0 bridgehead atoms. The molecule has 1 aliphatic rings. The van der Waals surface area contributed by atoms with Crippen molar-refractivity contribution in [1.29, 1.82) is 0 Å². The third-order valence-electron chi connectivity index (χ3n) is 6.96. The normalized spacial score (nSPS) is 14.5. The molecule has 3 amide bonds. The predicted octanol–water partition coefficient (Wildman–Crippen LogP) is 4.35. The Morgan fingerprint density at radius 1 is 0.974 bits per heavy atom. The second-order valence-electron chi connectivity index (χ2n) is 9.98. The molecular formula is C29H34N4O5. The Kier molecular flexibility index (Phi) is 8.05. The summed E-state index contributed by atoms with van der Waals surface area (Å²) in [4.78, 5) is 44.0. The van der Waals surface area contributed by atoms with Crippen molar-refractivity contribution in [3.05, 3.63) is 76.9 Å². The molecule has 5 N–H and O–H groups in total. The topological polar surface area (TPSA) is 135 Å². The van der Waals surface area contributed by atoms with Crippen LogP contribution in [0.15, 0.2) is 54.6 Å². The SMILES string of the molecule is Cc1c(O)[nH]c(O)c1C(=O)[C@@H](NC(=O)CC(NC(=O)N1CCCc2ccccc21)c1ccccc1)C(C)C. The Hall–Kier alpha value is -4.27. The highest BCUT2D eigenvalue weighted by Gasteiger charge is 2.32. The van der Waals surface area contributed by atoms with E-state index in [-0.39, 0.29) is 35.4 Å². The molecule has 1 unspecified atom stereocenters. The third kappa shape index (κ3) is 5.66. The van der Waals surface area contributed by atoms with Crippen LogP contribution in [0.3, 0.4) is 0 Å². The van der Waals surface area contributed by atoms with E-state index in [1.807, 2.05) is 54.6 Å². The number of carbonyl (C=O) groups excluding carboxylic acids is 3. The number of amides is 3. The number of fused-ring (bicyclic) bond motifs is 1. The van der Waals surface area contributed by atoms with Crippen molar-refractivity contribution in [1.82, 2.24) is 15.6 Å². The summed E-state index contributed by atoms with van der Waals surface area (Å²) in [7, 11) is 0. The maximum absolute atomic E-state index is 13.4. The van der Waals surface area contributed by atoms with Crippen LogP contribution in [0.1, 0.15) is 59.8 Å². The maximum atomic E-state index is 13.4. The van der Waals surface area contributed by atoms with Gasteiger partial charge in [0.05, 0.1) is 24.1 Å². The van der Waals surface area contributed by atoms with Crippen LogP contribution in [0.2, 0.25) is 0 Å². The van der Waals surface area contributed by atoms with Gasteiger partial charge < -0.3 is 20.8 Å². The predicted molar refractivity (Wildman–Crippen MR) is 144 cm³/mol. The number of benzene rings is 2. The van der Waals surface area contributed by atoms with Crippen LogP contribution in [-0.4, -0.2) is 45.5 Å². The van der Waals surface area contributed by atoms with Gasteiger partial charge in [-0.25, -0.2) is 4.79 Å². The zero-order chi connectivity index (χ0) is 27.4. The van der Waals surface area contributed by atoms with Crippen LogP contribution in [0, 0.1) is 12.8 Å². The Balaban J connectivity index is 1.53. The molecule has 200 valence electrons. The molecule has 2 aromatic carbocycles. The number of nitrogens with one attached hydrogen (secondary N) is 3. The van der Waals surface area contributed by atoms with Gasteiger partial charge in [0.1, 0.15) is 0 Å². The summed E-state index contributed by atoms with van der Waals surface area (Å²) in [5.41, 5.74) is 2.89. The van der Waals surface area contributed by atoms with Gasteiger partial charge in [0, 0.05) is 17.8 Å². The Morgan fingerprint density at radius 2 is 1.66 bits per heavy atom. The number of ketones is 1. The van der Waals surface area contributed by atoms with Crippen molar-refractivity contribution in [3.63, 3.8) is 0 Å². The maximum Gasteiger partial charge on any atom is 0.322 e. The smallest absolute Gasteiger partial charge is 0.322 e. The summed E-state index contributed by atoms with van der Waals surface area (Å²) in [6.45, 7) is 5.66. The summed E-state index contributed by atoms with van der Waals surface area (Å²) < 4.78 is 0. The minimum Gasteiger partial charge on any atom is -0.494 e. The van der Waals surface area contributed by atoms with Crippen LogP contribution in [0.4, 0.5) is 10.5 Å². The summed E-state index contributed by atoms with van der Waals surface area (Å²) >= 11 is 0. The number of carbonyl (C=O) groups is 3. The van der Waals surface area contributed by atoms with Gasteiger partial charge in [0.25, 0.3) is 0 Å². The van der Waals surface area contributed by atoms with Gasteiger partial charge in [-0.15, -0.1) is 0 Å². The van der Waals surface area contributed by atoms with Crippen molar-refractivity contribution < 1.29 is 24.6 Å². The van der Waals surface area contributed by atoms with Crippen LogP contribution in [0.5, 0.6) is 11.8 Å². The number of aromatic nitrogens is 1. The summed E-state index contributed by atoms with van der Waals surface area (Å²) in [5.74, 6) is -1.98. The molecule has 0 fully saturated rings. The average molecular weight is 519 g/mol. The van der Waals surface area contributed by atoms with Crippen molar-refractivity contribution in [2.45, 2.75) is 52.1 Å². The molecule has 0 saturated heterocycles. The van der Waals surface area contributed by atoms with E-state index in [0.29, 0.717) is 6.54 Å². The summed E-state index contributed by atoms with van der Waals surface area (Å²) in [6.07, 6.45) is 1.66. The van der Waals surface area contributed by atoms with Crippen LogP contribution in [-0.2, 0) is 11.2 Å². The van der Waals surface area contributed by atoms with Gasteiger partial charge in [0.15, 0.2) is 11.7 Å². The van der Waals surface area contributed by atoms with E-state index in [0.717, 1.165) is 29.7 Å². The Bertz CT molecular complexity index is 1320. The minimum absolute atomic E-state index is 0.0572. The molecular weight excluding hydrogens is 484 g/mol. The number of nitrogens with zero attached hydrogens (tertiary/aromatic N) is 1. The van der Waals surface area contributed by atoms with E-state index < -0.39 is 29.7 Å². The lowest BCUT2D eigenvalue weighted by molar-refractivity contribution is -0.122. The molecule has 2 atom stereocenters. The molecule has 0 aliphatic carbocycles. The van der Waals surface area contributed by atoms with Gasteiger partial charge >= 0.3 is 6.03 Å². The third-order valence-corrected chi connectivity index (χ3v) is 6.96. The lowest BCUT2D eigenvalue weighted by atomic mass is 9.93. The quantitative estimate of drug-likeness (QED) is 0.283. The number of hydrogen-bond acceptors (Lipinski definition) is 5. The van der Waals surface area contributed by atoms with E-state index in [1.165, 1.54) is 6.92 Å². The Labute approximate surface area is 221 Å². The van der Waals surface area contributed by atoms with Gasteiger partial charge in [-0.3, -0.25) is 19.5 Å². The lowest BCUT2D eigenvalue weighted by Crippen LogP contribution is -2.47. The van der Waals surface area contributed by atoms with Crippen molar-refractivity contribution in [2.24, 2.45) is 5.92 Å². The van der Waals surface area contributed by atoms with Gasteiger partial charge in [-0.1, -0.05) is 62.4 Å². The fraction of sp³-hybridized carbons (Fsp3) is 0.345. The average Bonchev–Trinajstić information content (AvgIpc) is 3.16. The number of para-hydroxylation sites is 1. The standard InChI is InChI=1S/C29H34N4O5/c1-17(2)25(26(35)24-18(3)27(36)32-28(24)37)31-23(34)16-21(19-10-5-4-6-11-19)30-29(38)33-15-9-13-20-12-7-8-14-22(20)33/h4-8,10-12,14,17,21,25,32,36-37H,9,13,15-16H2,1-3H3,(H,30,38)(H,31,34)/t21?,25-/m0/s1. The Morgan fingerprint density at radius 3 is 2.32 bits per heavy atom. The van der Waals surface area contributed by atoms with Crippen LogP contribution in [0.25, 0.3) is 0 Å². The number of urea groups is 1. The molecule has 0 radical (unpaired) electrons. The number of aromatic hydroxyl groups is 2. The minimum atomic E-state index is -0.941. The number of aryl methyl sites for hydroxylation is 1. The largest absolute Gasteiger partial charge is 0.494 e. The number of hydrogen-bond donors (Lipinski definition) is 5. The highest BCUT2D eigenvalue weighted by Crippen LogP contribution is 2.31. The highest BCUT2D eigenvalue weighted by atomic mass is 16.3. The monoisotopic (exact) mass is 518 g/mol. The van der Waals surface area contributed by atoms with E-state index in [2.05, 4.69) is 15.6 Å². The first kappa shape index (κ1) is 26.8. The first-order valence-corrected chi connectivity index (χ1v) is 12.8. The number of anilines is 1. The molecule has 3 aromatic rings. The van der Waals surface area contributed by atoms with E-state index in [4.69, 9.17) is 0 Å². The highest BCUT2D eigenvalue weighted by molar-refractivity contribution is 6.05. The number of aromatic amines is 1. The molecule has 0 spiro atoms. The molecule has 4 rings (SSSR count). The second kappa shape index (κ2) is 11.4. The van der Waals surface area contributed by atoms with Gasteiger partial charge in [-0.05, 0) is 42.9 Å². The molecule has 9 heteroatoms. The fourth-order valence-electron chi connectivity index (χ4n) is 4.88. The van der Waals surface area contributed by atoms with Crippen molar-refractivity contribution >= 4 is 23.4 Å². The zero-order valence-electron chi connectivity index (χ0n) is 21.8. The zero-order valence-corrected chi connectivity index (χ0v) is 21.8. The summed E-state index contributed by atoms with van der Waals surface area (Å²) in [5, 5.41) is 25.8. The van der Waals surface area contributed by atoms with Gasteiger partial charge in [-0.2, -0.15) is 0 Å². The fourth-order valence-corrected chi connectivity index (χ4v) is 4.88. The molecule has 1 aliphatic heterocycles. The number of H-pyrrole nitrogens is 1. The van der Waals surface area contributed by atoms with Crippen LogP contribution < -0.4 is 15.5 Å². The van der Waals surface area contributed by atoms with Crippen LogP contribution >= 0.6 is 0 Å². The second-order valence-corrected chi connectivity index (χ2v) is 9.98. The lowest BCUT2D eigenvalue weighted by Gasteiger charge is -2.31. The molecule has 2 heterocycles. The molecule has 1 aromatic heterocycles. The number of Topliss-reactive ketones (excluding diaryl/α,β-unsaturated/α-hetero) is 1.